The van der Waals surface area contributed by atoms with Crippen molar-refractivity contribution in [3.8, 4) is 0 Å². The molecule has 1 atom stereocenters. The van der Waals surface area contributed by atoms with Gasteiger partial charge in [0.05, 0.1) is 0 Å². The van der Waals surface area contributed by atoms with E-state index in [1.807, 2.05) is 35.9 Å². The number of carbonyl (C=O) groups excluding carboxylic acids is 1. The number of hydrogen-bond acceptors (Lipinski definition) is 3. The molecule has 0 radical (unpaired) electrons. The van der Waals surface area contributed by atoms with Crippen LogP contribution in [0.25, 0.3) is 0 Å². The van der Waals surface area contributed by atoms with E-state index >= 15 is 0 Å². The Kier molecular flexibility index (Phi) is 4.95. The van der Waals surface area contributed by atoms with Gasteiger partial charge in [0, 0.05) is 41.6 Å². The Morgan fingerprint density at radius 2 is 1.96 bits per heavy atom. The van der Waals surface area contributed by atoms with Crippen molar-refractivity contribution < 1.29 is 9.35 Å². The third-order valence-electron chi connectivity index (χ3n) is 4.63. The van der Waals surface area contributed by atoms with Crippen molar-refractivity contribution >= 4 is 40.1 Å². The molecule has 7 heteroatoms. The Bertz CT molecular complexity index is 1000. The average Bonchev–Trinajstić information content (AvgIpc) is 3.07. The Hall–Kier alpha value is -2.28. The number of rotatable bonds is 4. The van der Waals surface area contributed by atoms with E-state index in [1.165, 1.54) is 0 Å². The van der Waals surface area contributed by atoms with E-state index in [4.69, 9.17) is 11.6 Å². The van der Waals surface area contributed by atoms with E-state index in [1.54, 1.807) is 35.4 Å². The van der Waals surface area contributed by atoms with E-state index in [2.05, 4.69) is 4.98 Å². The molecule has 1 aliphatic rings. The summed E-state index contributed by atoms with van der Waals surface area (Å²) in [6.45, 7) is 2.66. The molecule has 0 saturated heterocycles. The molecule has 0 bridgehead atoms. The van der Waals surface area contributed by atoms with E-state index in [-0.39, 0.29) is 5.91 Å². The third-order valence-corrected chi connectivity index (χ3v) is 6.35. The number of carbonyl (C=O) groups is 1. The van der Waals surface area contributed by atoms with Gasteiger partial charge in [0.25, 0.3) is 0 Å². The van der Waals surface area contributed by atoms with Gasteiger partial charge in [0.15, 0.2) is 9.79 Å². The maximum Gasteiger partial charge on any atom is 0.231 e. The summed E-state index contributed by atoms with van der Waals surface area (Å²) in [7, 11) is 0. The number of fused-ring (bicyclic) bond motifs is 2. The molecule has 27 heavy (non-hydrogen) atoms. The molecular formula is C20H18ClN3O2S. The quantitative estimate of drug-likeness (QED) is 0.608. The Labute approximate surface area is 165 Å². The van der Waals surface area contributed by atoms with Crippen molar-refractivity contribution in [3.63, 3.8) is 0 Å². The highest BCUT2D eigenvalue weighted by Crippen LogP contribution is 2.45. The first-order valence-corrected chi connectivity index (χ1v) is 10.2. The summed E-state index contributed by atoms with van der Waals surface area (Å²) in [5, 5.41) is 0.511. The second-order valence-corrected chi connectivity index (χ2v) is 8.20. The Morgan fingerprint density at radius 1 is 1.19 bits per heavy atom. The molecule has 2 heterocycles. The number of amides is 1. The largest absolute Gasteiger partial charge is 0.606 e. The van der Waals surface area contributed by atoms with Crippen molar-refractivity contribution in [1.82, 2.24) is 9.55 Å². The van der Waals surface area contributed by atoms with Crippen LogP contribution >= 0.6 is 11.6 Å². The summed E-state index contributed by atoms with van der Waals surface area (Å²) in [6.07, 6.45) is 4.72. The highest BCUT2D eigenvalue weighted by Gasteiger charge is 2.36. The fourth-order valence-electron chi connectivity index (χ4n) is 3.29. The number of benzene rings is 2. The summed E-state index contributed by atoms with van der Waals surface area (Å²) < 4.78 is 14.9. The minimum atomic E-state index is -1.33. The summed E-state index contributed by atoms with van der Waals surface area (Å²) in [5.74, 6) is 0.888. The fraction of sp³-hybridized carbons (Fsp3) is 0.200. The molecule has 0 spiro atoms. The van der Waals surface area contributed by atoms with E-state index < -0.39 is 11.2 Å². The second-order valence-electron chi connectivity index (χ2n) is 6.35. The van der Waals surface area contributed by atoms with Crippen molar-refractivity contribution in [3.05, 3.63) is 65.7 Å². The molecule has 1 unspecified atom stereocenters. The molecule has 1 aromatic heterocycles. The smallest absolute Gasteiger partial charge is 0.231 e. The van der Waals surface area contributed by atoms with Crippen LogP contribution in [0.3, 0.4) is 0 Å². The topological polar surface area (TPSA) is 61.2 Å². The van der Waals surface area contributed by atoms with Crippen LogP contribution in [-0.2, 0) is 22.5 Å². The van der Waals surface area contributed by atoms with E-state index in [0.717, 1.165) is 12.4 Å². The molecule has 0 fully saturated rings. The van der Waals surface area contributed by atoms with Gasteiger partial charge < -0.3 is 9.12 Å². The molecule has 0 aliphatic carbocycles. The zero-order valence-electron chi connectivity index (χ0n) is 14.8. The summed E-state index contributed by atoms with van der Waals surface area (Å²) in [6, 6.07) is 12.5. The molecule has 2 aromatic carbocycles. The van der Waals surface area contributed by atoms with Gasteiger partial charge in [0.1, 0.15) is 17.2 Å². The van der Waals surface area contributed by atoms with Crippen LogP contribution in [0, 0.1) is 6.92 Å². The zero-order valence-corrected chi connectivity index (χ0v) is 16.3. The van der Waals surface area contributed by atoms with Gasteiger partial charge >= 0.3 is 0 Å². The molecule has 0 N–H and O–H groups in total. The number of nitrogens with zero attached hydrogens (tertiary/aromatic N) is 3. The van der Waals surface area contributed by atoms with Gasteiger partial charge in [-0.3, -0.25) is 9.69 Å². The van der Waals surface area contributed by atoms with Crippen LogP contribution < -0.4 is 4.90 Å². The van der Waals surface area contributed by atoms with Crippen molar-refractivity contribution in [2.75, 3.05) is 4.90 Å². The lowest BCUT2D eigenvalue weighted by atomic mass is 10.2. The van der Waals surface area contributed by atoms with Gasteiger partial charge in [-0.15, -0.1) is 0 Å². The second kappa shape index (κ2) is 7.38. The normalized spacial score (nSPS) is 15.4. The lowest BCUT2D eigenvalue weighted by Crippen LogP contribution is -2.31. The number of para-hydroxylation sites is 1. The van der Waals surface area contributed by atoms with Crippen LogP contribution in [0.4, 0.5) is 11.4 Å². The average molecular weight is 400 g/mol. The van der Waals surface area contributed by atoms with Gasteiger partial charge in [-0.1, -0.05) is 23.7 Å². The predicted octanol–water partition coefficient (Wildman–Crippen LogP) is 4.47. The maximum absolute atomic E-state index is 13.1. The summed E-state index contributed by atoms with van der Waals surface area (Å²) >= 11 is 4.83. The third kappa shape index (κ3) is 3.36. The molecule has 3 aromatic rings. The minimum Gasteiger partial charge on any atom is -0.606 e. The molecule has 5 nitrogen and oxygen atoms in total. The first kappa shape index (κ1) is 18.1. The Balaban J connectivity index is 1.63. The molecule has 1 amide bonds. The van der Waals surface area contributed by atoms with Crippen LogP contribution in [0.15, 0.2) is 64.6 Å². The monoisotopic (exact) mass is 399 g/mol. The fourth-order valence-corrected chi connectivity index (χ4v) is 4.78. The number of halogens is 1. The zero-order chi connectivity index (χ0) is 19.0. The Morgan fingerprint density at radius 3 is 2.74 bits per heavy atom. The maximum atomic E-state index is 13.1. The number of aromatic nitrogens is 2. The van der Waals surface area contributed by atoms with Crippen LogP contribution in [-0.4, -0.2) is 20.0 Å². The molecule has 4 rings (SSSR count). The SMILES string of the molecule is Cc1nccn1CCCC(=O)N1c2ccccc2[S+]([O-])c2ccc(Cl)cc21. The van der Waals surface area contributed by atoms with Crippen molar-refractivity contribution in [2.24, 2.45) is 0 Å². The van der Waals surface area contributed by atoms with Crippen LogP contribution in [0.1, 0.15) is 18.7 Å². The molecular weight excluding hydrogens is 382 g/mol. The molecule has 0 saturated carbocycles. The first-order valence-electron chi connectivity index (χ1n) is 8.67. The molecule has 138 valence electrons. The van der Waals surface area contributed by atoms with Crippen molar-refractivity contribution in [2.45, 2.75) is 36.1 Å². The van der Waals surface area contributed by atoms with Gasteiger partial charge in [0.2, 0.25) is 5.91 Å². The summed E-state index contributed by atoms with van der Waals surface area (Å²) in [4.78, 5) is 20.2. The van der Waals surface area contributed by atoms with E-state index in [9.17, 15) is 9.35 Å². The first-order chi connectivity index (χ1) is 13.1. The lowest BCUT2D eigenvalue weighted by Gasteiger charge is -2.31. The number of imidazole rings is 1. The number of hydrogen-bond donors (Lipinski definition) is 0. The lowest BCUT2D eigenvalue weighted by molar-refractivity contribution is -0.118. The van der Waals surface area contributed by atoms with Crippen LogP contribution in [0.5, 0.6) is 0 Å². The van der Waals surface area contributed by atoms with Gasteiger partial charge in [-0.2, -0.15) is 0 Å². The predicted molar refractivity (Wildman–Crippen MR) is 106 cm³/mol. The standard InChI is InChI=1S/C20H18ClN3O2S/c1-14-22-10-12-23(14)11-4-7-20(25)24-16-5-2-3-6-18(16)27(26)19-9-8-15(21)13-17(19)24/h2-3,5-6,8-10,12-13H,4,7,11H2,1H3. The number of aryl methyl sites for hydroxylation is 2. The highest BCUT2D eigenvalue weighted by molar-refractivity contribution is 7.92. The highest BCUT2D eigenvalue weighted by atomic mass is 35.5. The van der Waals surface area contributed by atoms with Crippen molar-refractivity contribution in [1.29, 1.82) is 0 Å². The summed E-state index contributed by atoms with van der Waals surface area (Å²) in [5.41, 5.74) is 1.26. The van der Waals surface area contributed by atoms with Crippen LogP contribution in [0.2, 0.25) is 5.02 Å². The van der Waals surface area contributed by atoms with Gasteiger partial charge in [-0.25, -0.2) is 4.98 Å². The van der Waals surface area contributed by atoms with Gasteiger partial charge in [-0.05, 0) is 43.7 Å². The molecule has 1 aliphatic heterocycles. The minimum absolute atomic E-state index is 0.0413. The van der Waals surface area contributed by atoms with E-state index in [0.29, 0.717) is 39.0 Å². The number of anilines is 2.